The zero-order chi connectivity index (χ0) is 18.4. The second kappa shape index (κ2) is 8.59. The maximum absolute atomic E-state index is 12.4. The van der Waals surface area contributed by atoms with Crippen LogP contribution in [0.5, 0.6) is 0 Å². The fourth-order valence-corrected chi connectivity index (χ4v) is 2.79. The number of carbonyl (C=O) groups excluding carboxylic acids is 3. The summed E-state index contributed by atoms with van der Waals surface area (Å²) in [6, 6.07) is 5.85. The van der Waals surface area contributed by atoms with E-state index in [4.69, 9.17) is 10.5 Å². The summed E-state index contributed by atoms with van der Waals surface area (Å²) in [5, 5.41) is 2.70. The Morgan fingerprint density at radius 2 is 1.92 bits per heavy atom. The number of benzene rings is 1. The topological polar surface area (TPSA) is 105 Å². The quantitative estimate of drug-likeness (QED) is 0.684. The van der Waals surface area contributed by atoms with Crippen molar-refractivity contribution in [3.63, 3.8) is 0 Å². The summed E-state index contributed by atoms with van der Waals surface area (Å²) in [7, 11) is 0. The lowest BCUT2D eigenvalue weighted by molar-refractivity contribution is -0.132. The van der Waals surface area contributed by atoms with E-state index in [1.807, 2.05) is 13.8 Å². The third-order valence-electron chi connectivity index (χ3n) is 4.13. The summed E-state index contributed by atoms with van der Waals surface area (Å²) < 4.78 is 5.11. The van der Waals surface area contributed by atoms with E-state index in [0.717, 1.165) is 5.69 Å². The molecular weight excluding hydrogens is 324 g/mol. The van der Waals surface area contributed by atoms with Gasteiger partial charge in [-0.3, -0.25) is 19.3 Å². The van der Waals surface area contributed by atoms with E-state index in [2.05, 4.69) is 5.32 Å². The lowest BCUT2D eigenvalue weighted by Gasteiger charge is -2.27. The first-order chi connectivity index (χ1) is 12.0. The molecule has 0 spiro atoms. The molecule has 0 aliphatic carbocycles. The van der Waals surface area contributed by atoms with Crippen molar-refractivity contribution < 1.29 is 19.1 Å². The van der Waals surface area contributed by atoms with E-state index < -0.39 is 17.9 Å². The molecule has 3 N–H and O–H groups in total. The highest BCUT2D eigenvalue weighted by atomic mass is 16.5. The van der Waals surface area contributed by atoms with Crippen LogP contribution in [0.3, 0.4) is 0 Å². The molecule has 1 aromatic carbocycles. The van der Waals surface area contributed by atoms with Gasteiger partial charge in [-0.1, -0.05) is 13.8 Å². The molecule has 3 amide bonds. The van der Waals surface area contributed by atoms with Crippen molar-refractivity contribution in [1.29, 1.82) is 0 Å². The van der Waals surface area contributed by atoms with Crippen molar-refractivity contribution >= 4 is 29.1 Å². The Hall–Kier alpha value is -2.45. The Morgan fingerprint density at radius 3 is 2.44 bits per heavy atom. The summed E-state index contributed by atoms with van der Waals surface area (Å²) in [6.07, 6.45) is 0. The largest absolute Gasteiger partial charge is 0.370 e. The Kier molecular flexibility index (Phi) is 6.49. The lowest BCUT2D eigenvalue weighted by atomic mass is 10.2. The minimum Gasteiger partial charge on any atom is -0.370 e. The number of hydrogen-bond donors (Lipinski definition) is 2. The van der Waals surface area contributed by atoms with Gasteiger partial charge in [0.1, 0.15) is 6.61 Å². The fraction of sp³-hybridized carbons (Fsp3) is 0.471. The number of morpholine rings is 1. The minimum absolute atomic E-state index is 0.0721. The number of ether oxygens (including phenoxy) is 1. The highest BCUT2D eigenvalue weighted by Crippen LogP contribution is 2.20. The van der Waals surface area contributed by atoms with Gasteiger partial charge in [0.15, 0.2) is 6.04 Å². The molecule has 0 saturated carbocycles. The number of rotatable bonds is 7. The van der Waals surface area contributed by atoms with Crippen molar-refractivity contribution in [2.75, 3.05) is 43.1 Å². The number of carbonyl (C=O) groups is 3. The molecule has 1 heterocycles. The van der Waals surface area contributed by atoms with Crippen molar-refractivity contribution in [2.45, 2.75) is 19.9 Å². The van der Waals surface area contributed by atoms with Crippen LogP contribution >= 0.6 is 0 Å². The second-order valence-corrected chi connectivity index (χ2v) is 5.66. The van der Waals surface area contributed by atoms with Crippen LogP contribution < -0.4 is 16.0 Å². The number of anilines is 2. The molecule has 0 radical (unpaired) electrons. The molecule has 8 heteroatoms. The van der Waals surface area contributed by atoms with Crippen LogP contribution in [-0.4, -0.2) is 61.5 Å². The van der Waals surface area contributed by atoms with E-state index in [1.165, 1.54) is 0 Å². The number of nitrogens with two attached hydrogens (primary N) is 1. The highest BCUT2D eigenvalue weighted by Gasteiger charge is 2.29. The van der Waals surface area contributed by atoms with Crippen LogP contribution in [0.25, 0.3) is 0 Å². The highest BCUT2D eigenvalue weighted by molar-refractivity contribution is 6.09. The summed E-state index contributed by atoms with van der Waals surface area (Å²) >= 11 is 0. The van der Waals surface area contributed by atoms with E-state index in [1.54, 1.807) is 34.1 Å². The SMILES string of the molecule is CCN(CC)[C@@H](C(N)=O)C(=O)Nc1ccc(N2CCOCC2=O)cc1. The lowest BCUT2D eigenvalue weighted by Crippen LogP contribution is -2.52. The molecule has 0 bridgehead atoms. The first kappa shape index (κ1) is 18.9. The molecule has 1 aliphatic rings. The van der Waals surface area contributed by atoms with E-state index in [9.17, 15) is 14.4 Å². The van der Waals surface area contributed by atoms with Gasteiger partial charge in [0, 0.05) is 17.9 Å². The molecule has 1 atom stereocenters. The van der Waals surface area contributed by atoms with Crippen LogP contribution in [0.4, 0.5) is 11.4 Å². The first-order valence-corrected chi connectivity index (χ1v) is 8.30. The summed E-state index contributed by atoms with van der Waals surface area (Å²) in [5.41, 5.74) is 6.66. The Balaban J connectivity index is 2.08. The Morgan fingerprint density at radius 1 is 1.28 bits per heavy atom. The molecule has 8 nitrogen and oxygen atoms in total. The molecule has 1 aliphatic heterocycles. The molecule has 25 heavy (non-hydrogen) atoms. The summed E-state index contributed by atoms with van der Waals surface area (Å²) in [6.45, 7) is 5.86. The Bertz CT molecular complexity index is 628. The molecule has 0 aromatic heterocycles. The number of primary amides is 1. The molecule has 0 unspecified atom stereocenters. The summed E-state index contributed by atoms with van der Waals surface area (Å²) in [4.78, 5) is 39.2. The monoisotopic (exact) mass is 348 g/mol. The minimum atomic E-state index is -1.02. The van der Waals surface area contributed by atoms with E-state index in [-0.39, 0.29) is 12.5 Å². The van der Waals surface area contributed by atoms with E-state index >= 15 is 0 Å². The van der Waals surface area contributed by atoms with Gasteiger partial charge >= 0.3 is 0 Å². The fourth-order valence-electron chi connectivity index (χ4n) is 2.79. The van der Waals surface area contributed by atoms with Crippen LogP contribution in [0.15, 0.2) is 24.3 Å². The van der Waals surface area contributed by atoms with Gasteiger partial charge in [-0.25, -0.2) is 0 Å². The van der Waals surface area contributed by atoms with Gasteiger partial charge in [0.25, 0.3) is 11.8 Å². The molecule has 2 rings (SSSR count). The van der Waals surface area contributed by atoms with Gasteiger partial charge < -0.3 is 20.7 Å². The average Bonchev–Trinajstić information content (AvgIpc) is 2.60. The van der Waals surface area contributed by atoms with Crippen LogP contribution in [0, 0.1) is 0 Å². The van der Waals surface area contributed by atoms with Crippen molar-refractivity contribution in [3.05, 3.63) is 24.3 Å². The normalized spacial score (nSPS) is 16.0. The van der Waals surface area contributed by atoms with Crippen LogP contribution in [-0.2, 0) is 19.1 Å². The standard InChI is InChI=1S/C17H24N4O4/c1-3-20(4-2)15(16(18)23)17(24)19-12-5-7-13(8-6-12)21-9-10-25-11-14(21)22/h5-8,15H,3-4,9-11H2,1-2H3,(H2,18,23)(H,19,24)/t15-/m0/s1. The maximum Gasteiger partial charge on any atom is 0.253 e. The number of nitrogens with zero attached hydrogens (tertiary/aromatic N) is 2. The predicted molar refractivity (Wildman–Crippen MR) is 94.1 cm³/mol. The molecule has 136 valence electrons. The van der Waals surface area contributed by atoms with Gasteiger partial charge in [0.05, 0.1) is 6.61 Å². The summed E-state index contributed by atoms with van der Waals surface area (Å²) in [5.74, 6) is -1.25. The molecule has 1 fully saturated rings. The molecular formula is C17H24N4O4. The zero-order valence-corrected chi connectivity index (χ0v) is 14.5. The number of hydrogen-bond acceptors (Lipinski definition) is 5. The number of likely N-dealkylation sites (N-methyl/N-ethyl adjacent to an activating group) is 1. The van der Waals surface area contributed by atoms with Crippen LogP contribution in [0.2, 0.25) is 0 Å². The van der Waals surface area contributed by atoms with Crippen molar-refractivity contribution in [1.82, 2.24) is 4.90 Å². The molecule has 1 aromatic rings. The van der Waals surface area contributed by atoms with Gasteiger partial charge in [-0.15, -0.1) is 0 Å². The van der Waals surface area contributed by atoms with Gasteiger partial charge in [0.2, 0.25) is 5.91 Å². The predicted octanol–water partition coefficient (Wildman–Crippen LogP) is 0.184. The third-order valence-corrected chi connectivity index (χ3v) is 4.13. The Labute approximate surface area is 146 Å². The maximum atomic E-state index is 12.4. The van der Waals surface area contributed by atoms with Gasteiger partial charge in [-0.05, 0) is 37.4 Å². The van der Waals surface area contributed by atoms with Crippen molar-refractivity contribution in [3.8, 4) is 0 Å². The third kappa shape index (κ3) is 4.55. The zero-order valence-electron chi connectivity index (χ0n) is 14.5. The van der Waals surface area contributed by atoms with Crippen LogP contribution in [0.1, 0.15) is 13.8 Å². The molecule has 1 saturated heterocycles. The van der Waals surface area contributed by atoms with Gasteiger partial charge in [-0.2, -0.15) is 0 Å². The average molecular weight is 348 g/mol. The number of nitrogens with one attached hydrogen (secondary N) is 1. The first-order valence-electron chi connectivity index (χ1n) is 8.30. The second-order valence-electron chi connectivity index (χ2n) is 5.66. The van der Waals surface area contributed by atoms with Crippen molar-refractivity contribution in [2.24, 2.45) is 5.73 Å². The van der Waals surface area contributed by atoms with E-state index in [0.29, 0.717) is 31.9 Å². The number of amides is 3. The smallest absolute Gasteiger partial charge is 0.253 e.